The van der Waals surface area contributed by atoms with E-state index < -0.39 is 26.9 Å². The second-order valence-electron chi connectivity index (χ2n) is 6.28. The topological polar surface area (TPSA) is 152 Å². The maximum atomic E-state index is 12.4. The van der Waals surface area contributed by atoms with Crippen LogP contribution in [-0.2, 0) is 19.4 Å². The van der Waals surface area contributed by atoms with E-state index in [1.807, 2.05) is 0 Å². The van der Waals surface area contributed by atoms with E-state index in [0.29, 0.717) is 28.4 Å². The van der Waals surface area contributed by atoms with Crippen molar-refractivity contribution >= 4 is 44.5 Å². The van der Waals surface area contributed by atoms with E-state index in [1.54, 1.807) is 49.4 Å². The van der Waals surface area contributed by atoms with Crippen LogP contribution in [-0.4, -0.2) is 42.5 Å². The van der Waals surface area contributed by atoms with E-state index in [2.05, 4.69) is 14.7 Å². The second kappa shape index (κ2) is 9.54. The van der Waals surface area contributed by atoms with Crippen LogP contribution in [0.15, 0.2) is 51.5 Å². The first-order valence-corrected chi connectivity index (χ1v) is 11.7. The first kappa shape index (κ1) is 22.9. The quantitative estimate of drug-likeness (QED) is 0.311. The summed E-state index contributed by atoms with van der Waals surface area (Å²) in [5.74, 6) is -0.615. The number of sulfone groups is 1. The predicted molar refractivity (Wildman–Crippen MR) is 115 cm³/mol. The van der Waals surface area contributed by atoms with Crippen molar-refractivity contribution in [3.05, 3.63) is 53.3 Å². The van der Waals surface area contributed by atoms with Gasteiger partial charge in [0.25, 0.3) is 11.1 Å². The number of rotatable bonds is 7. The summed E-state index contributed by atoms with van der Waals surface area (Å²) < 4.78 is 37.2. The number of hydrogen-bond donors (Lipinski definition) is 1. The number of esters is 1. The van der Waals surface area contributed by atoms with Crippen LogP contribution in [0.3, 0.4) is 0 Å². The molecule has 0 saturated heterocycles. The minimum absolute atomic E-state index is 0.0625. The minimum Gasteiger partial charge on any atom is -0.462 e. The fraction of sp³-hybridized carbons (Fsp3) is 0.150. The van der Waals surface area contributed by atoms with Crippen molar-refractivity contribution in [1.82, 2.24) is 9.36 Å². The third-order valence-electron chi connectivity index (χ3n) is 3.90. The molecule has 1 aromatic carbocycles. The van der Waals surface area contributed by atoms with Crippen LogP contribution in [0.5, 0.6) is 0 Å². The van der Waals surface area contributed by atoms with Gasteiger partial charge in [-0.2, -0.15) is 14.6 Å². The number of nitrogens with one attached hydrogen (secondary N) is 1. The van der Waals surface area contributed by atoms with E-state index in [9.17, 15) is 23.3 Å². The second-order valence-corrected chi connectivity index (χ2v) is 8.94. The smallest absolute Gasteiger partial charge is 0.338 e. The standard InChI is InChI=1S/C20H16N4O6S2/c1-3-29-18(26)13-6-4-5-12(9-13)16-8-7-15(30-16)10-14(11-21)17(25)22-19-23-20(24-31-19)32(2,27)28/h4-10H,3H2,1-2H3,(H,22,23,24,25). The zero-order valence-corrected chi connectivity index (χ0v) is 18.5. The van der Waals surface area contributed by atoms with Crippen molar-refractivity contribution in [1.29, 1.82) is 5.26 Å². The Bertz CT molecular complexity index is 1350. The fourth-order valence-electron chi connectivity index (χ4n) is 2.47. The van der Waals surface area contributed by atoms with Gasteiger partial charge in [-0.3, -0.25) is 10.1 Å². The van der Waals surface area contributed by atoms with Crippen LogP contribution in [0, 0.1) is 11.3 Å². The number of hydrogen-bond acceptors (Lipinski definition) is 10. The van der Waals surface area contributed by atoms with Gasteiger partial charge in [-0.25, -0.2) is 13.2 Å². The molecule has 10 nitrogen and oxygen atoms in total. The first-order valence-electron chi connectivity index (χ1n) is 9.05. The minimum atomic E-state index is -3.61. The van der Waals surface area contributed by atoms with Crippen LogP contribution in [0.25, 0.3) is 17.4 Å². The molecular weight excluding hydrogens is 456 g/mol. The highest BCUT2D eigenvalue weighted by Gasteiger charge is 2.18. The maximum absolute atomic E-state index is 12.4. The Morgan fingerprint density at radius 2 is 2.09 bits per heavy atom. The highest BCUT2D eigenvalue weighted by Crippen LogP contribution is 2.25. The first-order chi connectivity index (χ1) is 15.2. The SMILES string of the molecule is CCOC(=O)c1cccc(-c2ccc(C=C(C#N)C(=O)Nc3nc(S(C)(=O)=O)ns3)o2)c1. The van der Waals surface area contributed by atoms with Gasteiger partial charge in [0, 0.05) is 29.4 Å². The normalized spacial score (nSPS) is 11.6. The molecule has 12 heteroatoms. The van der Waals surface area contributed by atoms with Gasteiger partial charge in [0.1, 0.15) is 23.2 Å². The molecule has 0 aliphatic carbocycles. The number of benzene rings is 1. The lowest BCUT2D eigenvalue weighted by atomic mass is 10.1. The number of furan rings is 1. The molecule has 0 atom stereocenters. The summed E-state index contributed by atoms with van der Waals surface area (Å²) >= 11 is 0.677. The fourth-order valence-corrected chi connectivity index (χ4v) is 3.91. The molecule has 0 aliphatic rings. The Hall–Kier alpha value is -3.82. The van der Waals surface area contributed by atoms with Crippen molar-refractivity contribution in [2.24, 2.45) is 0 Å². The highest BCUT2D eigenvalue weighted by atomic mass is 32.2. The van der Waals surface area contributed by atoms with Gasteiger partial charge < -0.3 is 9.15 Å². The summed E-state index contributed by atoms with van der Waals surface area (Å²) in [6, 6.07) is 11.6. The van der Waals surface area contributed by atoms with Gasteiger partial charge in [0.15, 0.2) is 0 Å². The summed E-state index contributed by atoms with van der Waals surface area (Å²) in [7, 11) is -3.61. The molecule has 0 fully saturated rings. The number of amides is 1. The molecular formula is C20H16N4O6S2. The van der Waals surface area contributed by atoms with Gasteiger partial charge in [-0.05, 0) is 31.2 Å². The van der Waals surface area contributed by atoms with Crippen molar-refractivity contribution < 1.29 is 27.2 Å². The predicted octanol–water partition coefficient (Wildman–Crippen LogP) is 2.92. The number of carbonyl (C=O) groups is 2. The average molecular weight is 473 g/mol. The van der Waals surface area contributed by atoms with Gasteiger partial charge in [-0.15, -0.1) is 0 Å². The Balaban J connectivity index is 1.79. The van der Waals surface area contributed by atoms with Crippen molar-refractivity contribution in [2.45, 2.75) is 12.1 Å². The van der Waals surface area contributed by atoms with Gasteiger partial charge in [0.2, 0.25) is 15.0 Å². The molecule has 2 heterocycles. The van der Waals surface area contributed by atoms with E-state index in [0.717, 1.165) is 6.26 Å². The lowest BCUT2D eigenvalue weighted by Gasteiger charge is -2.03. The summed E-state index contributed by atoms with van der Waals surface area (Å²) in [4.78, 5) is 28.0. The number of aromatic nitrogens is 2. The van der Waals surface area contributed by atoms with Crippen LogP contribution < -0.4 is 5.32 Å². The number of nitrogens with zero attached hydrogens (tertiary/aromatic N) is 3. The Kier molecular flexibility index (Phi) is 6.82. The number of carbonyl (C=O) groups excluding carboxylic acids is 2. The molecule has 0 radical (unpaired) electrons. The Morgan fingerprint density at radius 1 is 1.31 bits per heavy atom. The van der Waals surface area contributed by atoms with E-state index in [-0.39, 0.29) is 23.1 Å². The molecule has 0 spiro atoms. The summed E-state index contributed by atoms with van der Waals surface area (Å²) in [5.41, 5.74) is 0.683. The monoisotopic (exact) mass is 472 g/mol. The van der Waals surface area contributed by atoms with E-state index >= 15 is 0 Å². The summed E-state index contributed by atoms with van der Waals surface area (Å²) in [6.45, 7) is 1.97. The summed E-state index contributed by atoms with van der Waals surface area (Å²) in [5, 5.41) is 11.2. The van der Waals surface area contributed by atoms with Gasteiger partial charge in [-0.1, -0.05) is 12.1 Å². The molecule has 1 amide bonds. The van der Waals surface area contributed by atoms with E-state index in [4.69, 9.17) is 9.15 Å². The maximum Gasteiger partial charge on any atom is 0.338 e. The zero-order chi connectivity index (χ0) is 23.3. The van der Waals surface area contributed by atoms with Gasteiger partial charge >= 0.3 is 5.97 Å². The molecule has 3 rings (SSSR count). The Morgan fingerprint density at radius 3 is 2.75 bits per heavy atom. The van der Waals surface area contributed by atoms with E-state index in [1.165, 1.54) is 6.08 Å². The number of ether oxygens (including phenoxy) is 1. The van der Waals surface area contributed by atoms with Crippen LogP contribution >= 0.6 is 11.5 Å². The van der Waals surface area contributed by atoms with Crippen LogP contribution in [0.1, 0.15) is 23.0 Å². The molecule has 0 bridgehead atoms. The number of anilines is 1. The third-order valence-corrected chi connectivity index (χ3v) is 5.49. The lowest BCUT2D eigenvalue weighted by Crippen LogP contribution is -2.13. The highest BCUT2D eigenvalue weighted by molar-refractivity contribution is 7.90. The summed E-state index contributed by atoms with van der Waals surface area (Å²) in [6.07, 6.45) is 2.17. The molecule has 1 N–H and O–H groups in total. The number of nitriles is 1. The van der Waals surface area contributed by atoms with Crippen molar-refractivity contribution in [2.75, 3.05) is 18.2 Å². The average Bonchev–Trinajstić information content (AvgIpc) is 3.42. The van der Waals surface area contributed by atoms with Gasteiger partial charge in [0.05, 0.1) is 12.2 Å². The Labute approximate surface area is 187 Å². The molecule has 164 valence electrons. The largest absolute Gasteiger partial charge is 0.462 e. The van der Waals surface area contributed by atoms with Crippen molar-refractivity contribution in [3.63, 3.8) is 0 Å². The third kappa shape index (κ3) is 5.45. The molecule has 32 heavy (non-hydrogen) atoms. The molecule has 3 aromatic rings. The van der Waals surface area contributed by atoms with Crippen molar-refractivity contribution in [3.8, 4) is 17.4 Å². The zero-order valence-electron chi connectivity index (χ0n) is 16.9. The van der Waals surface area contributed by atoms with Crippen LogP contribution in [0.2, 0.25) is 0 Å². The molecule has 0 saturated carbocycles. The molecule has 2 aromatic heterocycles. The molecule has 0 aliphatic heterocycles. The van der Waals surface area contributed by atoms with Crippen LogP contribution in [0.4, 0.5) is 5.13 Å². The lowest BCUT2D eigenvalue weighted by molar-refractivity contribution is -0.112. The molecule has 0 unspecified atom stereocenters.